The maximum Gasteiger partial charge on any atom is 0.429 e. The fourth-order valence-electron chi connectivity index (χ4n) is 2.64. The smallest absolute Gasteiger partial charge is 0.392 e. The largest absolute Gasteiger partial charge is 0.429 e. The molecule has 0 spiro atoms. The van der Waals surface area contributed by atoms with Crippen LogP contribution < -0.4 is 5.32 Å². The minimum absolute atomic E-state index is 0.0962. The molecule has 1 unspecified atom stereocenters. The Balaban J connectivity index is 1.83. The van der Waals surface area contributed by atoms with Gasteiger partial charge < -0.3 is 15.3 Å². The predicted molar refractivity (Wildman–Crippen MR) is 92.4 cm³/mol. The fourth-order valence-corrected chi connectivity index (χ4v) is 3.71. The lowest BCUT2D eigenvalue weighted by molar-refractivity contribution is -0.287. The Morgan fingerprint density at radius 2 is 2.07 bits per heavy atom. The van der Waals surface area contributed by atoms with Gasteiger partial charge >= 0.3 is 6.09 Å². The van der Waals surface area contributed by atoms with Crippen molar-refractivity contribution >= 4 is 27.1 Å². The molecule has 1 aliphatic carbocycles. The molecule has 27 heavy (non-hydrogen) atoms. The first-order chi connectivity index (χ1) is 12.9. The Kier molecular flexibility index (Phi) is 5.89. The van der Waals surface area contributed by atoms with Crippen molar-refractivity contribution in [3.8, 4) is 0 Å². The van der Waals surface area contributed by atoms with E-state index in [-0.39, 0.29) is 22.2 Å². The number of rotatable bonds is 7. The normalized spacial score (nSPS) is 16.7. The lowest BCUT2D eigenvalue weighted by atomic mass is 10.3. The van der Waals surface area contributed by atoms with Gasteiger partial charge in [0.2, 0.25) is 0 Å². The molecule has 1 fully saturated rings. The number of aromatic nitrogens is 3. The van der Waals surface area contributed by atoms with Gasteiger partial charge in [-0.15, -0.1) is 0 Å². The monoisotopic (exact) mass is 399 g/mol. The van der Waals surface area contributed by atoms with Gasteiger partial charge in [0.25, 0.3) is 10.0 Å². The molecule has 3 N–H and O–H groups in total. The zero-order chi connectivity index (χ0) is 19.4. The minimum Gasteiger partial charge on any atom is -0.392 e. The van der Waals surface area contributed by atoms with Gasteiger partial charge in [-0.25, -0.2) is 18.0 Å². The molecule has 1 heterocycles. The molecule has 0 saturated heterocycles. The van der Waals surface area contributed by atoms with Crippen LogP contribution in [0.5, 0.6) is 0 Å². The third-order valence-corrected chi connectivity index (χ3v) is 5.42. The van der Waals surface area contributed by atoms with E-state index in [1.54, 1.807) is 0 Å². The van der Waals surface area contributed by atoms with Crippen molar-refractivity contribution in [3.63, 3.8) is 0 Å². The van der Waals surface area contributed by atoms with Crippen molar-refractivity contribution in [2.75, 3.05) is 6.54 Å². The number of aliphatic hydroxyl groups excluding tert-OH is 1. The molecule has 1 saturated carbocycles. The topological polar surface area (TPSA) is 147 Å². The third-order valence-electron chi connectivity index (χ3n) is 4.02. The summed E-state index contributed by atoms with van der Waals surface area (Å²) in [6.07, 6.45) is 0.878. The Hall–Kier alpha value is -2.28. The number of carbonyl (C=O) groups excluding carboxylic acids is 1. The van der Waals surface area contributed by atoms with Crippen LogP contribution in [-0.2, 0) is 19.7 Å². The van der Waals surface area contributed by atoms with Gasteiger partial charge in [-0.2, -0.15) is 15.4 Å². The molecule has 0 radical (unpaired) electrons. The number of sulfonamides is 1. The molecule has 12 heteroatoms. The van der Waals surface area contributed by atoms with Crippen molar-refractivity contribution in [3.05, 3.63) is 18.2 Å². The Labute approximate surface area is 155 Å². The first-order valence-corrected chi connectivity index (χ1v) is 9.97. The number of hydrogen-bond acceptors (Lipinski definition) is 8. The van der Waals surface area contributed by atoms with Crippen molar-refractivity contribution in [1.82, 2.24) is 25.4 Å². The van der Waals surface area contributed by atoms with Crippen LogP contribution in [-0.4, -0.2) is 58.4 Å². The number of fused-ring (bicyclic) bond motifs is 1. The first-order valence-electron chi connectivity index (χ1n) is 8.53. The molecule has 0 bridgehead atoms. The summed E-state index contributed by atoms with van der Waals surface area (Å²) in [5.41, 5.74) is 0.836. The summed E-state index contributed by atoms with van der Waals surface area (Å²) in [5.74, 6) is 0. The SMILES string of the molecule is CC(O)CNC(=O)ON(OC1CCCC1)S(=O)(=O)c1ccc2n[nH]nc2c1. The number of benzene rings is 1. The zero-order valence-electron chi connectivity index (χ0n) is 14.7. The van der Waals surface area contributed by atoms with Crippen LogP contribution >= 0.6 is 0 Å². The maximum absolute atomic E-state index is 12.9. The van der Waals surface area contributed by atoms with Crippen LogP contribution in [0.15, 0.2) is 23.1 Å². The molecule has 11 nitrogen and oxygen atoms in total. The molecule has 1 aliphatic rings. The number of amides is 1. The molecule has 2 aromatic rings. The van der Waals surface area contributed by atoms with Crippen molar-refractivity contribution < 1.29 is 28.0 Å². The van der Waals surface area contributed by atoms with Crippen molar-refractivity contribution in [1.29, 1.82) is 0 Å². The van der Waals surface area contributed by atoms with Crippen molar-refractivity contribution in [2.45, 2.75) is 49.7 Å². The van der Waals surface area contributed by atoms with E-state index in [2.05, 4.69) is 20.7 Å². The van der Waals surface area contributed by atoms with Gasteiger partial charge in [-0.1, -0.05) is 12.8 Å². The van der Waals surface area contributed by atoms with E-state index in [0.29, 0.717) is 23.9 Å². The molecule has 3 rings (SSSR count). The van der Waals surface area contributed by atoms with Crippen molar-refractivity contribution in [2.24, 2.45) is 0 Å². The summed E-state index contributed by atoms with van der Waals surface area (Å²) < 4.78 is 26.1. The molecule has 1 amide bonds. The Morgan fingerprint density at radius 3 is 2.78 bits per heavy atom. The number of carbonyl (C=O) groups is 1. The van der Waals surface area contributed by atoms with Crippen LogP contribution in [0.3, 0.4) is 0 Å². The fraction of sp³-hybridized carbons (Fsp3) is 0.533. The van der Waals surface area contributed by atoms with E-state index in [9.17, 15) is 18.3 Å². The first kappa shape index (κ1) is 19.5. The van der Waals surface area contributed by atoms with Gasteiger partial charge in [0.15, 0.2) is 0 Å². The minimum atomic E-state index is -4.31. The summed E-state index contributed by atoms with van der Waals surface area (Å²) in [4.78, 5) is 22.1. The van der Waals surface area contributed by atoms with Crippen LogP contribution in [0, 0.1) is 0 Å². The van der Waals surface area contributed by atoms with Gasteiger partial charge in [-0.3, -0.25) is 0 Å². The highest BCUT2D eigenvalue weighted by Gasteiger charge is 2.34. The van der Waals surface area contributed by atoms with Gasteiger partial charge in [0, 0.05) is 6.54 Å². The maximum atomic E-state index is 12.9. The highest BCUT2D eigenvalue weighted by molar-refractivity contribution is 7.88. The molecule has 148 valence electrons. The second-order valence-corrected chi connectivity index (χ2v) is 8.01. The summed E-state index contributed by atoms with van der Waals surface area (Å²) in [6.45, 7) is 1.37. The number of aliphatic hydroxyl groups is 1. The lowest BCUT2D eigenvalue weighted by Crippen LogP contribution is -2.41. The number of nitrogens with zero attached hydrogens (tertiary/aromatic N) is 3. The molecule has 1 aromatic carbocycles. The lowest BCUT2D eigenvalue weighted by Gasteiger charge is -2.23. The van der Waals surface area contributed by atoms with Crippen LogP contribution in [0.4, 0.5) is 4.79 Å². The van der Waals surface area contributed by atoms with E-state index >= 15 is 0 Å². The molecular formula is C15H21N5O6S. The number of aromatic amines is 1. The number of H-pyrrole nitrogens is 1. The van der Waals surface area contributed by atoms with E-state index in [1.165, 1.54) is 25.1 Å². The summed E-state index contributed by atoms with van der Waals surface area (Å²) in [5, 5.41) is 21.6. The highest BCUT2D eigenvalue weighted by atomic mass is 32.2. The molecular weight excluding hydrogens is 378 g/mol. The average Bonchev–Trinajstić information content (AvgIpc) is 3.30. The summed E-state index contributed by atoms with van der Waals surface area (Å²) in [6, 6.07) is 4.10. The number of hydrogen-bond donors (Lipinski definition) is 3. The van der Waals surface area contributed by atoms with E-state index < -0.39 is 22.2 Å². The van der Waals surface area contributed by atoms with Gasteiger partial charge in [-0.05, 0) is 38.0 Å². The average molecular weight is 399 g/mol. The molecule has 0 aliphatic heterocycles. The second-order valence-electron chi connectivity index (χ2n) is 6.29. The molecule has 1 atom stereocenters. The van der Waals surface area contributed by atoms with Gasteiger partial charge in [0.05, 0.1) is 17.1 Å². The Bertz CT molecular complexity index is 893. The molecule has 1 aromatic heterocycles. The standard InChI is InChI=1S/C15H21N5O6S/c1-10(21)9-16-15(22)26-20(25-11-4-2-3-5-11)27(23,24)12-6-7-13-14(8-12)18-19-17-13/h6-8,10-11,21H,2-5,9H2,1H3,(H,16,22)(H,17,18,19). The summed E-state index contributed by atoms with van der Waals surface area (Å²) >= 11 is 0. The highest BCUT2D eigenvalue weighted by Crippen LogP contribution is 2.26. The summed E-state index contributed by atoms with van der Waals surface area (Å²) in [7, 11) is -4.31. The quantitative estimate of drug-likeness (QED) is 0.581. The number of nitrogens with one attached hydrogen (secondary N) is 2. The van der Waals surface area contributed by atoms with Crippen LogP contribution in [0.2, 0.25) is 0 Å². The van der Waals surface area contributed by atoms with Gasteiger partial charge in [0.1, 0.15) is 15.7 Å². The van der Waals surface area contributed by atoms with Crippen LogP contribution in [0.1, 0.15) is 32.6 Å². The third kappa shape index (κ3) is 4.71. The Morgan fingerprint density at radius 1 is 1.37 bits per heavy atom. The van der Waals surface area contributed by atoms with E-state index in [1.807, 2.05) is 0 Å². The zero-order valence-corrected chi connectivity index (χ0v) is 15.5. The predicted octanol–water partition coefficient (Wildman–Crippen LogP) is 0.845. The van der Waals surface area contributed by atoms with E-state index in [4.69, 9.17) is 9.68 Å². The second kappa shape index (κ2) is 8.17. The van der Waals surface area contributed by atoms with E-state index in [0.717, 1.165) is 12.8 Å². The van der Waals surface area contributed by atoms with Crippen LogP contribution in [0.25, 0.3) is 11.0 Å².